The number of amidine groups is 1. The summed E-state index contributed by atoms with van der Waals surface area (Å²) in [4.78, 5) is 31.3. The van der Waals surface area contributed by atoms with Crippen molar-refractivity contribution in [2.45, 2.75) is 0 Å². The highest BCUT2D eigenvalue weighted by Gasteiger charge is 2.23. The van der Waals surface area contributed by atoms with Gasteiger partial charge in [0.1, 0.15) is 5.71 Å². The van der Waals surface area contributed by atoms with Crippen LogP contribution in [0.15, 0.2) is 15.0 Å². The van der Waals surface area contributed by atoms with E-state index in [1.165, 1.54) is 6.21 Å². The second kappa shape index (κ2) is 1.82. The summed E-state index contributed by atoms with van der Waals surface area (Å²) >= 11 is 0. The lowest BCUT2D eigenvalue weighted by molar-refractivity contribution is 0.254. The first-order chi connectivity index (χ1) is 5.25. The van der Waals surface area contributed by atoms with Crippen LogP contribution in [0.25, 0.3) is 0 Å². The third kappa shape index (κ3) is 0.841. The van der Waals surface area contributed by atoms with Gasteiger partial charge >= 0.3 is 12.1 Å². The molecular weight excluding hydrogens is 148 g/mol. The van der Waals surface area contributed by atoms with Crippen molar-refractivity contribution in [3.8, 4) is 0 Å². The quantitative estimate of drug-likeness (QED) is 0.516. The summed E-state index contributed by atoms with van der Waals surface area (Å²) in [5.41, 5.74) is 0.314. The fourth-order valence-corrected chi connectivity index (χ4v) is 0.772. The number of nitrogens with one attached hydrogen (secondary N) is 1. The van der Waals surface area contributed by atoms with Gasteiger partial charge in [0.15, 0.2) is 5.84 Å². The van der Waals surface area contributed by atoms with Gasteiger partial charge in [0, 0.05) is 0 Å². The average Bonchev–Trinajstić information content (AvgIpc) is 2.27. The highest BCUT2D eigenvalue weighted by atomic mass is 16.2. The fourth-order valence-electron chi connectivity index (χ4n) is 0.772. The van der Waals surface area contributed by atoms with E-state index in [1.54, 1.807) is 0 Å². The molecule has 6 nitrogen and oxygen atoms in total. The molecule has 6 heteroatoms. The van der Waals surface area contributed by atoms with Crippen molar-refractivity contribution in [1.82, 2.24) is 5.32 Å². The van der Waals surface area contributed by atoms with E-state index in [0.29, 0.717) is 5.71 Å². The molecule has 0 aromatic heterocycles. The highest BCUT2D eigenvalue weighted by Crippen LogP contribution is 1.98. The third-order valence-corrected chi connectivity index (χ3v) is 1.19. The second-order valence-electron chi connectivity index (χ2n) is 1.93. The van der Waals surface area contributed by atoms with Gasteiger partial charge in [0.2, 0.25) is 0 Å². The molecule has 0 unspecified atom stereocenters. The fraction of sp³-hybridized carbons (Fsp3) is 0. The van der Waals surface area contributed by atoms with Gasteiger partial charge in [-0.1, -0.05) is 0 Å². The number of aliphatic imine (C=N–C) groups is 3. The van der Waals surface area contributed by atoms with Crippen molar-refractivity contribution < 1.29 is 9.59 Å². The Morgan fingerprint density at radius 2 is 2.09 bits per heavy atom. The summed E-state index contributed by atoms with van der Waals surface area (Å²) in [7, 11) is 0. The van der Waals surface area contributed by atoms with Crippen molar-refractivity contribution in [3.63, 3.8) is 0 Å². The first-order valence-electron chi connectivity index (χ1n) is 2.82. The van der Waals surface area contributed by atoms with E-state index in [-0.39, 0.29) is 5.84 Å². The molecular formula is C5H2N4O2. The molecule has 2 heterocycles. The molecule has 0 atom stereocenters. The van der Waals surface area contributed by atoms with Crippen molar-refractivity contribution in [3.05, 3.63) is 0 Å². The summed E-state index contributed by atoms with van der Waals surface area (Å²) in [5.74, 6) is 0.190. The Morgan fingerprint density at radius 1 is 1.27 bits per heavy atom. The molecule has 0 saturated carbocycles. The minimum atomic E-state index is -0.624. The topological polar surface area (TPSA) is 83.2 Å². The maximum atomic E-state index is 10.6. The Balaban J connectivity index is 2.47. The van der Waals surface area contributed by atoms with Gasteiger partial charge in [-0.25, -0.2) is 9.59 Å². The lowest BCUT2D eigenvalue weighted by Gasteiger charge is -1.97. The third-order valence-electron chi connectivity index (χ3n) is 1.19. The number of urea groups is 2. The SMILES string of the molecule is O=C1N=CC2=NC(=O)NC2=N1. The molecule has 1 N–H and O–H groups in total. The van der Waals surface area contributed by atoms with Crippen LogP contribution in [0.3, 0.4) is 0 Å². The van der Waals surface area contributed by atoms with E-state index in [0.717, 1.165) is 0 Å². The molecule has 0 spiro atoms. The van der Waals surface area contributed by atoms with Crippen LogP contribution in [-0.4, -0.2) is 29.8 Å². The van der Waals surface area contributed by atoms with Crippen LogP contribution >= 0.6 is 0 Å². The number of nitrogens with zero attached hydrogens (tertiary/aromatic N) is 3. The number of carbonyl (C=O) groups excluding carboxylic acids is 2. The smallest absolute Gasteiger partial charge is 0.288 e. The van der Waals surface area contributed by atoms with Gasteiger partial charge in [0.05, 0.1) is 6.21 Å². The lowest BCUT2D eigenvalue weighted by Crippen LogP contribution is -2.29. The predicted octanol–water partition coefficient (Wildman–Crippen LogP) is -0.246. The zero-order chi connectivity index (χ0) is 7.84. The standard InChI is InChI=1S/C5H2N4O2/c10-4-6-1-2-3(8-4)9-5(11)7-2/h1H,(H,8,9,10,11). The van der Waals surface area contributed by atoms with E-state index in [1.807, 2.05) is 0 Å². The van der Waals surface area contributed by atoms with Gasteiger partial charge in [-0.2, -0.15) is 15.0 Å². The second-order valence-corrected chi connectivity index (χ2v) is 1.93. The number of fused-ring (bicyclic) bond motifs is 1. The maximum absolute atomic E-state index is 10.6. The monoisotopic (exact) mass is 150 g/mol. The molecule has 0 saturated heterocycles. The largest absolute Gasteiger partial charge is 0.369 e. The van der Waals surface area contributed by atoms with Crippen LogP contribution in [0, 0.1) is 0 Å². The minimum Gasteiger partial charge on any atom is -0.288 e. The number of amides is 4. The number of rotatable bonds is 0. The Hall–Kier alpha value is -1.85. The highest BCUT2D eigenvalue weighted by molar-refractivity contribution is 6.68. The zero-order valence-corrected chi connectivity index (χ0v) is 5.24. The van der Waals surface area contributed by atoms with Crippen molar-refractivity contribution >= 4 is 29.8 Å². The zero-order valence-electron chi connectivity index (χ0n) is 5.24. The molecule has 2 aliphatic heterocycles. The first kappa shape index (κ1) is 5.90. The van der Waals surface area contributed by atoms with Gasteiger partial charge < -0.3 is 0 Å². The maximum Gasteiger partial charge on any atom is 0.369 e. The summed E-state index contributed by atoms with van der Waals surface area (Å²) in [6, 6.07) is -1.14. The number of hydrogen-bond acceptors (Lipinski definition) is 2. The number of carbonyl (C=O) groups is 2. The van der Waals surface area contributed by atoms with Crippen molar-refractivity contribution in [2.75, 3.05) is 0 Å². The molecule has 0 radical (unpaired) electrons. The molecule has 2 aliphatic rings. The Morgan fingerprint density at radius 3 is 2.91 bits per heavy atom. The first-order valence-corrected chi connectivity index (χ1v) is 2.82. The van der Waals surface area contributed by atoms with E-state index < -0.39 is 12.1 Å². The molecule has 4 amide bonds. The van der Waals surface area contributed by atoms with Crippen LogP contribution in [0.2, 0.25) is 0 Å². The molecule has 0 aliphatic carbocycles. The van der Waals surface area contributed by atoms with Gasteiger partial charge in [-0.15, -0.1) is 0 Å². The van der Waals surface area contributed by atoms with Crippen LogP contribution < -0.4 is 5.32 Å². The van der Waals surface area contributed by atoms with Crippen LogP contribution in [0.1, 0.15) is 0 Å². The van der Waals surface area contributed by atoms with Crippen molar-refractivity contribution in [1.29, 1.82) is 0 Å². The van der Waals surface area contributed by atoms with Gasteiger partial charge in [-0.05, 0) is 0 Å². The minimum absolute atomic E-state index is 0.190. The van der Waals surface area contributed by atoms with Crippen LogP contribution in [0.5, 0.6) is 0 Å². The van der Waals surface area contributed by atoms with E-state index in [9.17, 15) is 9.59 Å². The molecule has 0 fully saturated rings. The van der Waals surface area contributed by atoms with E-state index in [2.05, 4.69) is 20.3 Å². The molecule has 0 bridgehead atoms. The van der Waals surface area contributed by atoms with Gasteiger partial charge in [-0.3, -0.25) is 5.32 Å². The van der Waals surface area contributed by atoms with E-state index in [4.69, 9.17) is 0 Å². The normalized spacial score (nSPS) is 20.7. The Bertz CT molecular complexity index is 338. The summed E-state index contributed by atoms with van der Waals surface area (Å²) in [6.07, 6.45) is 1.21. The summed E-state index contributed by atoms with van der Waals surface area (Å²) < 4.78 is 0. The number of hydrogen-bond donors (Lipinski definition) is 1. The molecule has 54 valence electrons. The van der Waals surface area contributed by atoms with E-state index >= 15 is 0 Å². The summed E-state index contributed by atoms with van der Waals surface area (Å²) in [5, 5.41) is 2.28. The Kier molecular flexibility index (Phi) is 0.974. The van der Waals surface area contributed by atoms with Gasteiger partial charge in [0.25, 0.3) is 0 Å². The summed E-state index contributed by atoms with van der Waals surface area (Å²) in [6.45, 7) is 0. The molecule has 11 heavy (non-hydrogen) atoms. The lowest BCUT2D eigenvalue weighted by atomic mass is 10.3. The molecule has 2 rings (SSSR count). The molecule has 0 aromatic rings. The van der Waals surface area contributed by atoms with Crippen molar-refractivity contribution in [2.24, 2.45) is 15.0 Å². The molecule has 0 aromatic carbocycles. The average molecular weight is 150 g/mol. The van der Waals surface area contributed by atoms with Crippen LogP contribution in [-0.2, 0) is 0 Å². The Labute approximate surface area is 60.7 Å². The predicted molar refractivity (Wildman–Crippen MR) is 37.3 cm³/mol. The van der Waals surface area contributed by atoms with Crippen LogP contribution in [0.4, 0.5) is 9.59 Å².